The summed E-state index contributed by atoms with van der Waals surface area (Å²) in [4.78, 5) is 41.0. The molecular weight excluding hydrogens is 354 g/mol. The normalized spacial score (nSPS) is 17.0. The number of nitrogens with zero attached hydrogens (tertiary/aromatic N) is 3. The van der Waals surface area contributed by atoms with Crippen molar-refractivity contribution in [2.45, 2.75) is 53.6 Å². The first-order chi connectivity index (χ1) is 13.3. The Morgan fingerprint density at radius 3 is 2.32 bits per heavy atom. The third-order valence-electron chi connectivity index (χ3n) is 5.38. The molecule has 1 aromatic heterocycles. The largest absolute Gasteiger partial charge is 0.348 e. The van der Waals surface area contributed by atoms with E-state index in [-0.39, 0.29) is 18.2 Å². The summed E-state index contributed by atoms with van der Waals surface area (Å²) >= 11 is 0. The SMILES string of the molecule is CCCn1c(C)cc(C(=O)CN2C(=O)C(C)N(c3ccc(C)cc3)C2=O)c1C. The van der Waals surface area contributed by atoms with Crippen molar-refractivity contribution in [3.05, 3.63) is 52.8 Å². The Balaban J connectivity index is 1.83. The molecular formula is C22H27N3O3. The zero-order chi connectivity index (χ0) is 20.6. The summed E-state index contributed by atoms with van der Waals surface area (Å²) in [5, 5.41) is 0. The number of aromatic nitrogens is 1. The summed E-state index contributed by atoms with van der Waals surface area (Å²) in [6.07, 6.45) is 0.968. The van der Waals surface area contributed by atoms with E-state index in [1.165, 1.54) is 4.90 Å². The maximum absolute atomic E-state index is 12.9. The molecule has 3 rings (SSSR count). The van der Waals surface area contributed by atoms with E-state index in [1.54, 1.807) is 6.92 Å². The maximum Gasteiger partial charge on any atom is 0.332 e. The van der Waals surface area contributed by atoms with Gasteiger partial charge in [0.1, 0.15) is 6.04 Å². The van der Waals surface area contributed by atoms with E-state index in [2.05, 4.69) is 11.5 Å². The summed E-state index contributed by atoms with van der Waals surface area (Å²) in [6, 6.07) is 8.21. The van der Waals surface area contributed by atoms with Gasteiger partial charge >= 0.3 is 6.03 Å². The number of carbonyl (C=O) groups excluding carboxylic acids is 3. The van der Waals surface area contributed by atoms with Gasteiger partial charge < -0.3 is 4.57 Å². The van der Waals surface area contributed by atoms with Crippen LogP contribution in [0, 0.1) is 20.8 Å². The molecule has 0 saturated carbocycles. The number of urea groups is 1. The first-order valence-corrected chi connectivity index (χ1v) is 9.67. The van der Waals surface area contributed by atoms with Gasteiger partial charge in [0.25, 0.3) is 5.91 Å². The molecule has 1 aromatic carbocycles. The predicted molar refractivity (Wildman–Crippen MR) is 109 cm³/mol. The fourth-order valence-electron chi connectivity index (χ4n) is 3.79. The molecule has 1 unspecified atom stereocenters. The number of imide groups is 1. The summed E-state index contributed by atoms with van der Waals surface area (Å²) in [7, 11) is 0. The van der Waals surface area contributed by atoms with Crippen LogP contribution >= 0.6 is 0 Å². The Labute approximate surface area is 165 Å². The first-order valence-electron chi connectivity index (χ1n) is 9.67. The van der Waals surface area contributed by atoms with Crippen molar-refractivity contribution in [2.75, 3.05) is 11.4 Å². The minimum Gasteiger partial charge on any atom is -0.348 e. The molecule has 1 fully saturated rings. The summed E-state index contributed by atoms with van der Waals surface area (Å²) in [5.41, 5.74) is 4.20. The highest BCUT2D eigenvalue weighted by Crippen LogP contribution is 2.27. The maximum atomic E-state index is 12.9. The van der Waals surface area contributed by atoms with Gasteiger partial charge in [-0.15, -0.1) is 0 Å². The zero-order valence-electron chi connectivity index (χ0n) is 17.2. The van der Waals surface area contributed by atoms with Crippen molar-refractivity contribution in [3.63, 3.8) is 0 Å². The van der Waals surface area contributed by atoms with Gasteiger partial charge in [-0.1, -0.05) is 24.6 Å². The molecule has 0 spiro atoms. The monoisotopic (exact) mass is 381 g/mol. The quantitative estimate of drug-likeness (QED) is 0.564. The van der Waals surface area contributed by atoms with E-state index in [0.717, 1.165) is 34.8 Å². The fourth-order valence-corrected chi connectivity index (χ4v) is 3.79. The average molecular weight is 381 g/mol. The lowest BCUT2D eigenvalue weighted by Gasteiger charge is -2.19. The summed E-state index contributed by atoms with van der Waals surface area (Å²) in [6.45, 7) is 10.2. The standard InChI is InChI=1S/C22H27N3O3/c1-6-11-23-15(3)12-19(16(23)4)20(26)13-24-21(27)17(5)25(22(24)28)18-9-7-14(2)8-10-18/h7-10,12,17H,6,11,13H2,1-5H3. The molecule has 1 saturated heterocycles. The second kappa shape index (κ2) is 7.62. The van der Waals surface area contributed by atoms with Crippen LogP contribution < -0.4 is 4.90 Å². The molecule has 0 N–H and O–H groups in total. The van der Waals surface area contributed by atoms with Crippen molar-refractivity contribution < 1.29 is 14.4 Å². The Kier molecular flexibility index (Phi) is 5.40. The van der Waals surface area contributed by atoms with Crippen molar-refractivity contribution in [3.8, 4) is 0 Å². The molecule has 148 valence electrons. The van der Waals surface area contributed by atoms with Crippen molar-refractivity contribution in [1.82, 2.24) is 9.47 Å². The van der Waals surface area contributed by atoms with Crippen LogP contribution in [0.15, 0.2) is 30.3 Å². The van der Waals surface area contributed by atoms with E-state index < -0.39 is 12.1 Å². The summed E-state index contributed by atoms with van der Waals surface area (Å²) < 4.78 is 2.10. The highest BCUT2D eigenvalue weighted by molar-refractivity contribution is 6.16. The minimum atomic E-state index is -0.629. The predicted octanol–water partition coefficient (Wildman–Crippen LogP) is 3.86. The number of benzene rings is 1. The molecule has 2 heterocycles. The molecule has 3 amide bonds. The minimum absolute atomic E-state index is 0.213. The number of hydrogen-bond acceptors (Lipinski definition) is 3. The van der Waals surface area contributed by atoms with Gasteiger partial charge in [-0.2, -0.15) is 0 Å². The molecule has 0 radical (unpaired) electrons. The van der Waals surface area contributed by atoms with Gasteiger partial charge in [-0.25, -0.2) is 4.79 Å². The van der Waals surface area contributed by atoms with Gasteiger partial charge in [0.15, 0.2) is 5.78 Å². The van der Waals surface area contributed by atoms with Crippen molar-refractivity contribution >= 4 is 23.4 Å². The van der Waals surface area contributed by atoms with Gasteiger partial charge in [-0.05, 0) is 52.3 Å². The number of Topliss-reactive ketones (excluding diaryl/α,β-unsaturated/α-hetero) is 1. The fraction of sp³-hybridized carbons (Fsp3) is 0.409. The number of anilines is 1. The molecule has 1 aliphatic rings. The zero-order valence-corrected chi connectivity index (χ0v) is 17.2. The van der Waals surface area contributed by atoms with Gasteiger partial charge in [0.05, 0.1) is 6.54 Å². The molecule has 0 aliphatic carbocycles. The Morgan fingerprint density at radius 2 is 1.71 bits per heavy atom. The lowest BCUT2D eigenvalue weighted by atomic mass is 10.1. The van der Waals surface area contributed by atoms with E-state index in [0.29, 0.717) is 11.3 Å². The molecule has 6 heteroatoms. The van der Waals surface area contributed by atoms with Crippen molar-refractivity contribution in [1.29, 1.82) is 0 Å². The third-order valence-corrected chi connectivity index (χ3v) is 5.38. The van der Waals surface area contributed by atoms with Crippen LogP contribution in [0.25, 0.3) is 0 Å². The second-order valence-electron chi connectivity index (χ2n) is 7.45. The lowest BCUT2D eigenvalue weighted by molar-refractivity contribution is -0.126. The van der Waals surface area contributed by atoms with Gasteiger partial charge in [-0.3, -0.25) is 19.4 Å². The lowest BCUT2D eigenvalue weighted by Crippen LogP contribution is -2.37. The van der Waals surface area contributed by atoms with Crippen LogP contribution in [0.4, 0.5) is 10.5 Å². The number of amides is 3. The number of ketones is 1. The van der Waals surface area contributed by atoms with Crippen LogP contribution in [-0.4, -0.2) is 39.8 Å². The van der Waals surface area contributed by atoms with Crippen molar-refractivity contribution in [2.24, 2.45) is 0 Å². The first kappa shape index (κ1) is 19.9. The van der Waals surface area contributed by atoms with E-state index in [4.69, 9.17) is 0 Å². The van der Waals surface area contributed by atoms with Gasteiger partial charge in [0, 0.05) is 29.2 Å². The Bertz CT molecular complexity index is 927. The highest BCUT2D eigenvalue weighted by Gasteiger charge is 2.44. The smallest absolute Gasteiger partial charge is 0.332 e. The number of carbonyl (C=O) groups is 3. The molecule has 0 bridgehead atoms. The van der Waals surface area contributed by atoms with E-state index in [1.807, 2.05) is 51.1 Å². The average Bonchev–Trinajstić information content (AvgIpc) is 3.05. The van der Waals surface area contributed by atoms with E-state index in [9.17, 15) is 14.4 Å². The Hall–Kier alpha value is -2.89. The van der Waals surface area contributed by atoms with Crippen LogP contribution in [0.5, 0.6) is 0 Å². The Morgan fingerprint density at radius 1 is 1.07 bits per heavy atom. The molecule has 1 atom stereocenters. The second-order valence-corrected chi connectivity index (χ2v) is 7.45. The van der Waals surface area contributed by atoms with Crippen LogP contribution in [0.3, 0.4) is 0 Å². The number of hydrogen-bond donors (Lipinski definition) is 0. The molecule has 6 nitrogen and oxygen atoms in total. The summed E-state index contributed by atoms with van der Waals surface area (Å²) in [5.74, 6) is -0.559. The number of aryl methyl sites for hydroxylation is 2. The third kappa shape index (κ3) is 3.35. The van der Waals surface area contributed by atoms with Crippen LogP contribution in [0.1, 0.15) is 47.6 Å². The van der Waals surface area contributed by atoms with Crippen LogP contribution in [0.2, 0.25) is 0 Å². The van der Waals surface area contributed by atoms with E-state index >= 15 is 0 Å². The molecule has 28 heavy (non-hydrogen) atoms. The topological polar surface area (TPSA) is 62.6 Å². The van der Waals surface area contributed by atoms with Crippen LogP contribution in [-0.2, 0) is 11.3 Å². The highest BCUT2D eigenvalue weighted by atomic mass is 16.2. The molecule has 1 aliphatic heterocycles. The van der Waals surface area contributed by atoms with Gasteiger partial charge in [0.2, 0.25) is 0 Å². The number of rotatable bonds is 6. The molecule has 2 aromatic rings.